The molecule has 0 bridgehead atoms. The third kappa shape index (κ3) is 4.43. The van der Waals surface area contributed by atoms with Crippen LogP contribution in [0.25, 0.3) is 0 Å². The second-order valence-electron chi connectivity index (χ2n) is 11.3. The quantitative estimate of drug-likeness (QED) is 0.255. The van der Waals surface area contributed by atoms with Crippen molar-refractivity contribution >= 4 is 29.3 Å². The van der Waals surface area contributed by atoms with Crippen molar-refractivity contribution in [1.29, 1.82) is 0 Å². The van der Waals surface area contributed by atoms with E-state index < -0.39 is 23.9 Å². The van der Waals surface area contributed by atoms with Gasteiger partial charge < -0.3 is 4.90 Å². The molecular weight excluding hydrogens is 496 g/mol. The highest BCUT2D eigenvalue weighted by Gasteiger charge is 2.62. The molecule has 3 aromatic rings. The molecule has 0 saturated carbocycles. The van der Waals surface area contributed by atoms with E-state index in [1.807, 2.05) is 49.4 Å². The highest BCUT2D eigenvalue weighted by atomic mass is 35.5. The van der Waals surface area contributed by atoms with Gasteiger partial charge in [-0.3, -0.25) is 14.5 Å². The smallest absolute Gasteiger partial charge is 0.304 e. The molecule has 5 rings (SSSR count). The molecule has 0 N–H and O–H groups in total. The summed E-state index contributed by atoms with van der Waals surface area (Å²) >= 11 is 6.21. The largest absolute Gasteiger partial charge is 0.328 e. The van der Waals surface area contributed by atoms with Crippen molar-refractivity contribution in [2.24, 2.45) is 5.92 Å². The normalized spacial score (nSPS) is 23.2. The van der Waals surface area contributed by atoms with Gasteiger partial charge >= 0.3 is 6.03 Å². The second kappa shape index (κ2) is 10.0. The minimum atomic E-state index is -0.764. The number of fused-ring (bicyclic) bond motifs is 1. The summed E-state index contributed by atoms with van der Waals surface area (Å²) in [6.45, 7) is 8.75. The maximum Gasteiger partial charge on any atom is 0.328 e. The molecule has 0 radical (unpaired) electrons. The Hall–Kier alpha value is -3.44. The van der Waals surface area contributed by atoms with Gasteiger partial charge in [0.15, 0.2) is 5.78 Å². The number of amides is 3. The number of rotatable bonds is 6. The Morgan fingerprint density at radius 1 is 0.842 bits per heavy atom. The first-order valence-corrected chi connectivity index (χ1v) is 13.6. The van der Waals surface area contributed by atoms with Crippen LogP contribution >= 0.6 is 11.6 Å². The van der Waals surface area contributed by atoms with Crippen LogP contribution in [-0.2, 0) is 10.2 Å². The number of halogens is 1. The number of urea groups is 1. The Labute approximate surface area is 229 Å². The first-order valence-electron chi connectivity index (χ1n) is 13.2. The van der Waals surface area contributed by atoms with E-state index in [1.165, 1.54) is 4.90 Å². The summed E-state index contributed by atoms with van der Waals surface area (Å²) < 4.78 is 0. The summed E-state index contributed by atoms with van der Waals surface area (Å²) in [4.78, 5) is 45.0. The number of hydrogen-bond donors (Lipinski definition) is 0. The summed E-state index contributed by atoms with van der Waals surface area (Å²) in [6, 6.07) is 23.0. The zero-order chi connectivity index (χ0) is 27.2. The number of carbonyl (C=O) groups excluding carboxylic acids is 3. The molecule has 4 unspecified atom stereocenters. The van der Waals surface area contributed by atoms with Gasteiger partial charge in [0.05, 0.1) is 12.0 Å². The zero-order valence-electron chi connectivity index (χ0n) is 22.2. The fourth-order valence-corrected chi connectivity index (χ4v) is 6.10. The van der Waals surface area contributed by atoms with Crippen LogP contribution in [0.4, 0.5) is 4.79 Å². The molecule has 0 aliphatic carbocycles. The summed E-state index contributed by atoms with van der Waals surface area (Å²) in [7, 11) is 0. The minimum Gasteiger partial charge on any atom is -0.304 e. The van der Waals surface area contributed by atoms with E-state index in [1.54, 1.807) is 29.2 Å². The SMILES string of the molecule is CCCN1C(=O)C2C(c3ccc(Cl)cc3)C(C(=O)c3ccccc3)C(c3ccc(C(C)(C)C)cc3)N2C1=O. The van der Waals surface area contributed by atoms with E-state index in [4.69, 9.17) is 11.6 Å². The maximum atomic E-state index is 14.3. The molecule has 2 aliphatic heterocycles. The van der Waals surface area contributed by atoms with Gasteiger partial charge in [0, 0.05) is 23.0 Å². The summed E-state index contributed by atoms with van der Waals surface area (Å²) in [5.41, 5.74) is 3.37. The molecule has 0 spiro atoms. The van der Waals surface area contributed by atoms with Crippen LogP contribution in [0.1, 0.15) is 73.1 Å². The predicted octanol–water partition coefficient (Wildman–Crippen LogP) is 7.02. The lowest BCUT2D eigenvalue weighted by Crippen LogP contribution is -2.38. The molecule has 6 heteroatoms. The molecular formula is C32H33ClN2O3. The number of imide groups is 1. The monoisotopic (exact) mass is 528 g/mol. The third-order valence-corrected chi connectivity index (χ3v) is 8.07. The molecule has 5 nitrogen and oxygen atoms in total. The molecule has 196 valence electrons. The van der Waals surface area contributed by atoms with Crippen LogP contribution in [0.15, 0.2) is 78.9 Å². The van der Waals surface area contributed by atoms with E-state index in [9.17, 15) is 14.4 Å². The van der Waals surface area contributed by atoms with Crippen LogP contribution in [0.3, 0.4) is 0 Å². The predicted molar refractivity (Wildman–Crippen MR) is 149 cm³/mol. The average Bonchev–Trinajstić information content (AvgIpc) is 3.38. The van der Waals surface area contributed by atoms with E-state index in [0.717, 1.165) is 16.7 Å². The highest BCUT2D eigenvalue weighted by molar-refractivity contribution is 6.30. The van der Waals surface area contributed by atoms with Gasteiger partial charge in [-0.15, -0.1) is 0 Å². The van der Waals surface area contributed by atoms with E-state index in [-0.39, 0.29) is 23.1 Å². The molecule has 3 amide bonds. The van der Waals surface area contributed by atoms with Crippen LogP contribution in [0.5, 0.6) is 0 Å². The lowest BCUT2D eigenvalue weighted by Gasteiger charge is -2.29. The van der Waals surface area contributed by atoms with Crippen molar-refractivity contribution in [2.45, 2.75) is 57.5 Å². The van der Waals surface area contributed by atoms with Crippen LogP contribution in [0, 0.1) is 5.92 Å². The molecule has 2 aliphatic rings. The molecule has 2 fully saturated rings. The third-order valence-electron chi connectivity index (χ3n) is 7.82. The fourth-order valence-electron chi connectivity index (χ4n) is 5.97. The number of hydrogen-bond acceptors (Lipinski definition) is 3. The highest BCUT2D eigenvalue weighted by Crippen LogP contribution is 2.54. The molecule has 4 atom stereocenters. The first-order chi connectivity index (χ1) is 18.1. The number of carbonyl (C=O) groups is 3. The Morgan fingerprint density at radius 3 is 2.03 bits per heavy atom. The molecule has 2 heterocycles. The number of nitrogens with zero attached hydrogens (tertiary/aromatic N) is 2. The molecule has 0 aromatic heterocycles. The summed E-state index contributed by atoms with van der Waals surface area (Å²) in [5.74, 6) is -1.46. The number of ketones is 1. The van der Waals surface area contributed by atoms with Gasteiger partial charge in [0.25, 0.3) is 5.91 Å². The molecule has 38 heavy (non-hydrogen) atoms. The van der Waals surface area contributed by atoms with Gasteiger partial charge in [-0.2, -0.15) is 0 Å². The Kier molecular flexibility index (Phi) is 6.91. The van der Waals surface area contributed by atoms with Crippen molar-refractivity contribution in [3.63, 3.8) is 0 Å². The summed E-state index contributed by atoms with van der Waals surface area (Å²) in [6.07, 6.45) is 0.668. The van der Waals surface area contributed by atoms with Gasteiger partial charge in [-0.25, -0.2) is 4.79 Å². The Morgan fingerprint density at radius 2 is 1.45 bits per heavy atom. The van der Waals surface area contributed by atoms with Crippen molar-refractivity contribution in [3.8, 4) is 0 Å². The lowest BCUT2D eigenvalue weighted by atomic mass is 9.75. The van der Waals surface area contributed by atoms with Gasteiger partial charge in [0.2, 0.25) is 0 Å². The number of benzene rings is 3. The maximum absolute atomic E-state index is 14.3. The topological polar surface area (TPSA) is 57.7 Å². The minimum absolute atomic E-state index is 0.0425. The molecule has 2 saturated heterocycles. The van der Waals surface area contributed by atoms with Crippen LogP contribution < -0.4 is 0 Å². The van der Waals surface area contributed by atoms with Crippen molar-refractivity contribution in [1.82, 2.24) is 9.80 Å². The van der Waals surface area contributed by atoms with Crippen molar-refractivity contribution in [3.05, 3.63) is 106 Å². The van der Waals surface area contributed by atoms with E-state index in [2.05, 4.69) is 32.9 Å². The Bertz CT molecular complexity index is 1350. The molecule has 3 aromatic carbocycles. The average molecular weight is 529 g/mol. The van der Waals surface area contributed by atoms with Gasteiger partial charge in [0.1, 0.15) is 6.04 Å². The second-order valence-corrected chi connectivity index (χ2v) is 11.7. The fraction of sp³-hybridized carbons (Fsp3) is 0.344. The van der Waals surface area contributed by atoms with Gasteiger partial charge in [-0.1, -0.05) is 106 Å². The Balaban J connectivity index is 1.71. The summed E-state index contributed by atoms with van der Waals surface area (Å²) in [5, 5.41) is 0.574. The standard InChI is InChI=1S/C32H33ClN2O3/c1-5-19-34-30(37)28-25(20-13-17-24(33)18-14-20)26(29(36)22-9-7-6-8-10-22)27(35(28)31(34)38)21-11-15-23(16-12-21)32(2,3)4/h6-18,25-28H,5,19H2,1-4H3. The van der Waals surface area contributed by atoms with Crippen LogP contribution in [-0.4, -0.2) is 40.1 Å². The lowest BCUT2D eigenvalue weighted by molar-refractivity contribution is -0.128. The van der Waals surface area contributed by atoms with Crippen molar-refractivity contribution in [2.75, 3.05) is 6.54 Å². The first kappa shape index (κ1) is 26.2. The van der Waals surface area contributed by atoms with E-state index >= 15 is 0 Å². The van der Waals surface area contributed by atoms with Gasteiger partial charge in [-0.05, 0) is 40.7 Å². The van der Waals surface area contributed by atoms with Crippen LogP contribution in [0.2, 0.25) is 5.02 Å². The zero-order valence-corrected chi connectivity index (χ0v) is 23.0. The number of Topliss-reactive ketones (excluding diaryl/α,β-unsaturated/α-hetero) is 1. The van der Waals surface area contributed by atoms with E-state index in [0.29, 0.717) is 23.6 Å². The van der Waals surface area contributed by atoms with Crippen molar-refractivity contribution < 1.29 is 14.4 Å².